The van der Waals surface area contributed by atoms with Gasteiger partial charge in [-0.05, 0) is 43.4 Å². The first-order valence-corrected chi connectivity index (χ1v) is 7.94. The lowest BCUT2D eigenvalue weighted by Gasteiger charge is -2.13. The van der Waals surface area contributed by atoms with Gasteiger partial charge >= 0.3 is 0 Å². The third kappa shape index (κ3) is 2.00. The fourth-order valence-electron chi connectivity index (χ4n) is 3.57. The Labute approximate surface area is 126 Å². The number of halogens is 1. The second kappa shape index (κ2) is 4.97. The molecule has 4 rings (SSSR count). The smallest absolute Gasteiger partial charge is 0.244 e. The van der Waals surface area contributed by atoms with Gasteiger partial charge in [0.05, 0.1) is 6.04 Å². The van der Waals surface area contributed by atoms with Crippen molar-refractivity contribution in [1.29, 1.82) is 0 Å². The first-order valence-electron chi connectivity index (χ1n) is 7.15. The van der Waals surface area contributed by atoms with Crippen molar-refractivity contribution >= 4 is 15.9 Å². The van der Waals surface area contributed by atoms with Crippen molar-refractivity contribution < 1.29 is 4.52 Å². The monoisotopic (exact) mass is 333 g/mol. The van der Waals surface area contributed by atoms with Gasteiger partial charge in [0.2, 0.25) is 11.7 Å². The minimum Gasteiger partial charge on any atom is -0.337 e. The average Bonchev–Trinajstić information content (AvgIpc) is 3.14. The fourth-order valence-corrected chi connectivity index (χ4v) is 4.03. The number of hydrogen-bond donors (Lipinski definition) is 1. The number of aromatic nitrogens is 2. The summed E-state index contributed by atoms with van der Waals surface area (Å²) in [7, 11) is 0. The van der Waals surface area contributed by atoms with E-state index in [-0.39, 0.29) is 6.04 Å². The first-order chi connectivity index (χ1) is 9.83. The summed E-state index contributed by atoms with van der Waals surface area (Å²) in [5.41, 5.74) is 0.975. The molecule has 0 amide bonds. The first kappa shape index (κ1) is 12.5. The summed E-state index contributed by atoms with van der Waals surface area (Å²) in [6.07, 6.45) is 3.94. The van der Waals surface area contributed by atoms with E-state index in [2.05, 4.69) is 31.4 Å². The van der Waals surface area contributed by atoms with Crippen LogP contribution in [0.2, 0.25) is 0 Å². The van der Waals surface area contributed by atoms with E-state index in [1.165, 1.54) is 19.3 Å². The molecule has 1 aliphatic carbocycles. The van der Waals surface area contributed by atoms with Crippen LogP contribution < -0.4 is 5.32 Å². The zero-order chi connectivity index (χ0) is 13.5. The molecule has 3 atom stereocenters. The van der Waals surface area contributed by atoms with Gasteiger partial charge in [-0.25, -0.2) is 0 Å². The van der Waals surface area contributed by atoms with Crippen molar-refractivity contribution in [2.45, 2.75) is 25.3 Å². The minimum absolute atomic E-state index is 0.242. The largest absolute Gasteiger partial charge is 0.337 e. The Balaban J connectivity index is 1.64. The van der Waals surface area contributed by atoms with Crippen molar-refractivity contribution in [3.8, 4) is 11.4 Å². The highest BCUT2D eigenvalue weighted by atomic mass is 79.9. The summed E-state index contributed by atoms with van der Waals surface area (Å²) >= 11 is 3.53. The van der Waals surface area contributed by atoms with Crippen LogP contribution in [0.15, 0.2) is 33.3 Å². The quantitative estimate of drug-likeness (QED) is 0.912. The van der Waals surface area contributed by atoms with Gasteiger partial charge in [0.1, 0.15) is 0 Å². The van der Waals surface area contributed by atoms with E-state index in [0.29, 0.717) is 11.7 Å². The number of nitrogens with zero attached hydrogens (tertiary/aromatic N) is 2. The summed E-state index contributed by atoms with van der Waals surface area (Å²) < 4.78 is 6.51. The van der Waals surface area contributed by atoms with Crippen molar-refractivity contribution in [2.75, 3.05) is 6.54 Å². The van der Waals surface area contributed by atoms with Gasteiger partial charge in [-0.3, -0.25) is 0 Å². The van der Waals surface area contributed by atoms with Crippen LogP contribution in [0.1, 0.15) is 31.2 Å². The molecule has 2 fully saturated rings. The molecule has 1 saturated carbocycles. The maximum atomic E-state index is 5.52. The van der Waals surface area contributed by atoms with Gasteiger partial charge in [0.25, 0.3) is 0 Å². The highest BCUT2D eigenvalue weighted by molar-refractivity contribution is 9.10. The van der Waals surface area contributed by atoms with Crippen LogP contribution in [-0.2, 0) is 0 Å². The average molecular weight is 334 g/mol. The SMILES string of the molecule is Brc1ccccc1-c1noc(C2NCC3CCCC32)n1. The molecular weight excluding hydrogens is 318 g/mol. The summed E-state index contributed by atoms with van der Waals surface area (Å²) in [6.45, 7) is 1.09. The Morgan fingerprint density at radius 3 is 3.05 bits per heavy atom. The Bertz CT molecular complexity index is 627. The zero-order valence-corrected chi connectivity index (χ0v) is 12.6. The molecule has 4 nitrogen and oxygen atoms in total. The van der Waals surface area contributed by atoms with Crippen LogP contribution in [0.4, 0.5) is 0 Å². The molecular formula is C15H16BrN3O. The molecule has 3 unspecified atom stereocenters. The molecule has 1 aliphatic heterocycles. The molecule has 0 bridgehead atoms. The third-order valence-electron chi connectivity index (χ3n) is 4.57. The highest BCUT2D eigenvalue weighted by Crippen LogP contribution is 2.44. The molecule has 2 aliphatic rings. The molecule has 0 spiro atoms. The lowest BCUT2D eigenvalue weighted by Crippen LogP contribution is -2.18. The van der Waals surface area contributed by atoms with Gasteiger partial charge in [-0.2, -0.15) is 4.98 Å². The maximum Gasteiger partial charge on any atom is 0.244 e. The number of nitrogens with one attached hydrogen (secondary N) is 1. The van der Waals surface area contributed by atoms with Gasteiger partial charge < -0.3 is 9.84 Å². The van der Waals surface area contributed by atoms with Crippen molar-refractivity contribution in [3.05, 3.63) is 34.6 Å². The van der Waals surface area contributed by atoms with Crippen molar-refractivity contribution in [3.63, 3.8) is 0 Å². The fraction of sp³-hybridized carbons (Fsp3) is 0.467. The second-order valence-corrected chi connectivity index (χ2v) is 6.53. The normalized spacial score (nSPS) is 28.8. The van der Waals surface area contributed by atoms with E-state index >= 15 is 0 Å². The molecule has 1 saturated heterocycles. The Hall–Kier alpha value is -1.20. The Morgan fingerprint density at radius 2 is 2.15 bits per heavy atom. The molecule has 0 radical (unpaired) electrons. The molecule has 1 aromatic carbocycles. The number of fused-ring (bicyclic) bond motifs is 1. The van der Waals surface area contributed by atoms with E-state index < -0.39 is 0 Å². The van der Waals surface area contributed by atoms with E-state index in [1.807, 2.05) is 24.3 Å². The number of rotatable bonds is 2. The van der Waals surface area contributed by atoms with E-state index in [0.717, 1.165) is 28.4 Å². The minimum atomic E-state index is 0.242. The summed E-state index contributed by atoms with van der Waals surface area (Å²) in [4.78, 5) is 4.61. The highest BCUT2D eigenvalue weighted by Gasteiger charge is 2.42. The van der Waals surface area contributed by atoms with Gasteiger partial charge in [-0.1, -0.05) is 39.6 Å². The molecule has 2 aromatic rings. The van der Waals surface area contributed by atoms with E-state index in [1.54, 1.807) is 0 Å². The van der Waals surface area contributed by atoms with Crippen LogP contribution in [-0.4, -0.2) is 16.7 Å². The molecule has 2 heterocycles. The van der Waals surface area contributed by atoms with Crippen molar-refractivity contribution in [1.82, 2.24) is 15.5 Å². The molecule has 1 N–H and O–H groups in total. The molecule has 104 valence electrons. The van der Waals surface area contributed by atoms with Crippen molar-refractivity contribution in [2.24, 2.45) is 11.8 Å². The second-order valence-electron chi connectivity index (χ2n) is 5.68. The molecule has 1 aromatic heterocycles. The molecule has 20 heavy (non-hydrogen) atoms. The van der Waals surface area contributed by atoms with Gasteiger partial charge in [-0.15, -0.1) is 0 Å². The lowest BCUT2D eigenvalue weighted by molar-refractivity contribution is 0.302. The molecule has 5 heteroatoms. The Morgan fingerprint density at radius 1 is 1.25 bits per heavy atom. The number of hydrogen-bond acceptors (Lipinski definition) is 4. The lowest BCUT2D eigenvalue weighted by atomic mass is 9.94. The predicted octanol–water partition coefficient (Wildman–Crippen LogP) is 3.56. The summed E-state index contributed by atoms with van der Waals surface area (Å²) in [5, 5.41) is 7.70. The summed E-state index contributed by atoms with van der Waals surface area (Å²) in [6, 6.07) is 8.20. The maximum absolute atomic E-state index is 5.52. The standard InChI is InChI=1S/C15H16BrN3O/c16-12-7-2-1-5-11(12)14-18-15(20-19-14)13-10-6-3-4-9(10)8-17-13/h1-2,5,7,9-10,13,17H,3-4,6,8H2. The van der Waals surface area contributed by atoms with Crippen LogP contribution in [0.25, 0.3) is 11.4 Å². The zero-order valence-electron chi connectivity index (χ0n) is 11.1. The van der Waals surface area contributed by atoms with Crippen LogP contribution >= 0.6 is 15.9 Å². The van der Waals surface area contributed by atoms with Gasteiger partial charge in [0, 0.05) is 10.0 Å². The van der Waals surface area contributed by atoms with Crippen LogP contribution in [0.5, 0.6) is 0 Å². The van der Waals surface area contributed by atoms with Gasteiger partial charge in [0.15, 0.2) is 0 Å². The predicted molar refractivity (Wildman–Crippen MR) is 79.0 cm³/mol. The van der Waals surface area contributed by atoms with Crippen LogP contribution in [0.3, 0.4) is 0 Å². The third-order valence-corrected chi connectivity index (χ3v) is 5.26. The van der Waals surface area contributed by atoms with E-state index in [4.69, 9.17) is 4.52 Å². The topological polar surface area (TPSA) is 51.0 Å². The van der Waals surface area contributed by atoms with Crippen LogP contribution in [0, 0.1) is 11.8 Å². The number of benzene rings is 1. The Kier molecular flexibility index (Phi) is 3.11. The van der Waals surface area contributed by atoms with E-state index in [9.17, 15) is 0 Å². The summed E-state index contributed by atoms with van der Waals surface area (Å²) in [5.74, 6) is 2.86.